The molecule has 0 aliphatic rings. The highest BCUT2D eigenvalue weighted by Gasteiger charge is 2.26. The molecule has 0 aromatic heterocycles. The van der Waals surface area contributed by atoms with E-state index in [9.17, 15) is 0 Å². The summed E-state index contributed by atoms with van der Waals surface area (Å²) in [5, 5.41) is 0. The summed E-state index contributed by atoms with van der Waals surface area (Å²) in [7, 11) is 0. The van der Waals surface area contributed by atoms with E-state index in [0.717, 1.165) is 0 Å². The van der Waals surface area contributed by atoms with Gasteiger partial charge in [-0.25, -0.2) is 0 Å². The molecule has 1 nitrogen and oxygen atoms in total. The normalized spacial score (nSPS) is 13.3. The molecule has 0 aliphatic carbocycles. The van der Waals surface area contributed by atoms with Crippen LogP contribution in [0.2, 0.25) is 0 Å². The largest absolute Gasteiger partial charge is 0.258 e. The van der Waals surface area contributed by atoms with Gasteiger partial charge in [-0.1, -0.05) is 39.6 Å². The summed E-state index contributed by atoms with van der Waals surface area (Å²) >= 11 is 1.93. The van der Waals surface area contributed by atoms with Crippen molar-refractivity contribution in [2.75, 3.05) is 0 Å². The number of hydrogen-bond acceptors (Lipinski definition) is 2. The molecule has 0 fully saturated rings. The van der Waals surface area contributed by atoms with E-state index in [1.165, 1.54) is 25.7 Å². The second-order valence-electron chi connectivity index (χ2n) is 4.63. The Morgan fingerprint density at radius 1 is 0.857 bits per heavy atom. The second kappa shape index (κ2) is 6.02. The SMILES string of the molecule is CCC(C)(CC)NSC(C)(CC)CC. The lowest BCUT2D eigenvalue weighted by molar-refractivity contribution is 0.401. The van der Waals surface area contributed by atoms with Crippen LogP contribution in [0, 0.1) is 0 Å². The zero-order valence-electron chi connectivity index (χ0n) is 10.7. The van der Waals surface area contributed by atoms with Crippen LogP contribution in [-0.2, 0) is 0 Å². The summed E-state index contributed by atoms with van der Waals surface area (Å²) in [4.78, 5) is 0. The van der Waals surface area contributed by atoms with Gasteiger partial charge in [-0.3, -0.25) is 4.72 Å². The third-order valence-electron chi connectivity index (χ3n) is 3.60. The molecule has 14 heavy (non-hydrogen) atoms. The number of nitrogens with one attached hydrogen (secondary N) is 1. The van der Waals surface area contributed by atoms with Crippen molar-refractivity contribution in [3.63, 3.8) is 0 Å². The molecular formula is C12H27NS. The van der Waals surface area contributed by atoms with Crippen LogP contribution in [-0.4, -0.2) is 10.3 Å². The van der Waals surface area contributed by atoms with Crippen molar-refractivity contribution < 1.29 is 0 Å². The summed E-state index contributed by atoms with van der Waals surface area (Å²) in [5.41, 5.74) is 0.302. The molecule has 0 aliphatic heterocycles. The van der Waals surface area contributed by atoms with Gasteiger partial charge in [0.15, 0.2) is 0 Å². The predicted octanol–water partition coefficient (Wildman–Crippen LogP) is 4.38. The Bertz CT molecular complexity index is 130. The molecule has 0 unspecified atom stereocenters. The average Bonchev–Trinajstić information content (AvgIpc) is 2.25. The monoisotopic (exact) mass is 217 g/mol. The Hall–Kier alpha value is 0.310. The molecule has 0 bridgehead atoms. The fourth-order valence-corrected chi connectivity index (χ4v) is 2.11. The summed E-state index contributed by atoms with van der Waals surface area (Å²) in [6.45, 7) is 13.7. The lowest BCUT2D eigenvalue weighted by Crippen LogP contribution is -2.39. The zero-order valence-corrected chi connectivity index (χ0v) is 11.6. The van der Waals surface area contributed by atoms with Gasteiger partial charge in [-0.2, -0.15) is 0 Å². The molecule has 0 saturated heterocycles. The third-order valence-corrected chi connectivity index (χ3v) is 5.27. The van der Waals surface area contributed by atoms with Crippen molar-refractivity contribution in [1.82, 2.24) is 4.72 Å². The molecule has 2 heteroatoms. The van der Waals surface area contributed by atoms with Crippen LogP contribution in [0.15, 0.2) is 0 Å². The molecule has 0 saturated carbocycles. The van der Waals surface area contributed by atoms with E-state index in [1.54, 1.807) is 0 Å². The molecule has 0 atom stereocenters. The van der Waals surface area contributed by atoms with Gasteiger partial charge in [0, 0.05) is 10.3 Å². The molecule has 0 aromatic carbocycles. The standard InChI is InChI=1S/C12H27NS/c1-7-11(5,8-2)13-14-12(6,9-3)10-4/h13H,7-10H2,1-6H3. The lowest BCUT2D eigenvalue weighted by atomic mass is 9.98. The van der Waals surface area contributed by atoms with Crippen LogP contribution in [0.3, 0.4) is 0 Å². The first kappa shape index (κ1) is 14.3. The maximum absolute atomic E-state index is 3.65. The second-order valence-corrected chi connectivity index (χ2v) is 6.02. The Kier molecular flexibility index (Phi) is 6.15. The van der Waals surface area contributed by atoms with Gasteiger partial charge in [-0.05, 0) is 39.5 Å². The maximum atomic E-state index is 3.65. The van der Waals surface area contributed by atoms with Crippen LogP contribution < -0.4 is 4.72 Å². The van der Waals surface area contributed by atoms with Gasteiger partial charge in [0.25, 0.3) is 0 Å². The molecule has 0 spiro atoms. The topological polar surface area (TPSA) is 12.0 Å². The minimum atomic E-state index is 0.302. The minimum absolute atomic E-state index is 0.302. The first-order valence-electron chi connectivity index (χ1n) is 5.90. The Morgan fingerprint density at radius 3 is 1.57 bits per heavy atom. The van der Waals surface area contributed by atoms with E-state index in [1.807, 2.05) is 11.9 Å². The van der Waals surface area contributed by atoms with Crippen LogP contribution in [0.1, 0.15) is 67.2 Å². The van der Waals surface area contributed by atoms with E-state index >= 15 is 0 Å². The quantitative estimate of drug-likeness (QED) is 0.635. The van der Waals surface area contributed by atoms with Gasteiger partial charge in [0.05, 0.1) is 0 Å². The van der Waals surface area contributed by atoms with E-state index in [4.69, 9.17) is 0 Å². The van der Waals surface area contributed by atoms with Gasteiger partial charge >= 0.3 is 0 Å². The first-order valence-corrected chi connectivity index (χ1v) is 6.72. The predicted molar refractivity (Wildman–Crippen MR) is 68.7 cm³/mol. The fraction of sp³-hybridized carbons (Fsp3) is 1.00. The first-order chi connectivity index (χ1) is 6.45. The fourth-order valence-electron chi connectivity index (χ4n) is 1.04. The van der Waals surface area contributed by atoms with Crippen molar-refractivity contribution in [3.8, 4) is 0 Å². The smallest absolute Gasteiger partial charge is 0.0271 e. The highest BCUT2D eigenvalue weighted by Crippen LogP contribution is 2.32. The molecular weight excluding hydrogens is 190 g/mol. The van der Waals surface area contributed by atoms with Crippen molar-refractivity contribution in [2.24, 2.45) is 0 Å². The summed E-state index contributed by atoms with van der Waals surface area (Å²) in [6, 6.07) is 0. The highest BCUT2D eigenvalue weighted by molar-refractivity contribution is 7.98. The molecule has 0 rings (SSSR count). The van der Waals surface area contributed by atoms with Crippen LogP contribution in [0.5, 0.6) is 0 Å². The van der Waals surface area contributed by atoms with Crippen LogP contribution in [0.25, 0.3) is 0 Å². The molecule has 1 N–H and O–H groups in total. The van der Waals surface area contributed by atoms with Crippen molar-refractivity contribution >= 4 is 11.9 Å². The van der Waals surface area contributed by atoms with Gasteiger partial charge in [0.1, 0.15) is 0 Å². The Labute approximate surface area is 94.6 Å². The van der Waals surface area contributed by atoms with Crippen LogP contribution in [0.4, 0.5) is 0 Å². The van der Waals surface area contributed by atoms with Crippen molar-refractivity contribution in [3.05, 3.63) is 0 Å². The van der Waals surface area contributed by atoms with Gasteiger partial charge in [0.2, 0.25) is 0 Å². The van der Waals surface area contributed by atoms with E-state index < -0.39 is 0 Å². The Morgan fingerprint density at radius 2 is 1.29 bits per heavy atom. The average molecular weight is 217 g/mol. The number of rotatable bonds is 7. The molecule has 86 valence electrons. The molecule has 0 amide bonds. The molecule has 0 aromatic rings. The summed E-state index contributed by atoms with van der Waals surface area (Å²) < 4.78 is 4.05. The lowest BCUT2D eigenvalue weighted by Gasteiger charge is -2.34. The highest BCUT2D eigenvalue weighted by atomic mass is 32.2. The van der Waals surface area contributed by atoms with Gasteiger partial charge in [-0.15, -0.1) is 0 Å². The third kappa shape index (κ3) is 4.22. The number of hydrogen-bond donors (Lipinski definition) is 1. The van der Waals surface area contributed by atoms with Gasteiger partial charge < -0.3 is 0 Å². The van der Waals surface area contributed by atoms with E-state index in [0.29, 0.717) is 10.3 Å². The summed E-state index contributed by atoms with van der Waals surface area (Å²) in [5.74, 6) is 0. The van der Waals surface area contributed by atoms with E-state index in [2.05, 4.69) is 46.3 Å². The van der Waals surface area contributed by atoms with Crippen molar-refractivity contribution in [1.29, 1.82) is 0 Å². The summed E-state index contributed by atoms with van der Waals surface area (Å²) in [6.07, 6.45) is 4.84. The van der Waals surface area contributed by atoms with Crippen molar-refractivity contribution in [2.45, 2.75) is 77.5 Å². The maximum Gasteiger partial charge on any atom is 0.0271 e. The Balaban J connectivity index is 4.14. The molecule has 0 radical (unpaired) electrons. The van der Waals surface area contributed by atoms with Crippen LogP contribution >= 0.6 is 11.9 Å². The minimum Gasteiger partial charge on any atom is -0.258 e. The zero-order chi connectivity index (χ0) is 11.2. The van der Waals surface area contributed by atoms with E-state index in [-0.39, 0.29) is 0 Å². The molecule has 0 heterocycles.